The first-order valence-corrected chi connectivity index (χ1v) is 6.10. The first-order valence-electron chi connectivity index (χ1n) is 6.10. The van der Waals surface area contributed by atoms with Crippen molar-refractivity contribution in [2.45, 2.75) is 19.5 Å². The van der Waals surface area contributed by atoms with Crippen molar-refractivity contribution < 1.29 is 18.4 Å². The van der Waals surface area contributed by atoms with Crippen LogP contribution in [0.25, 0.3) is 5.69 Å². The smallest absolute Gasteiger partial charge is 0.409 e. The van der Waals surface area contributed by atoms with Gasteiger partial charge in [-0.15, -0.1) is 0 Å². The third-order valence-corrected chi connectivity index (χ3v) is 3.00. The molecule has 2 aromatic rings. The summed E-state index contributed by atoms with van der Waals surface area (Å²) < 4.78 is 41.0. The van der Waals surface area contributed by atoms with Gasteiger partial charge in [-0.2, -0.15) is 13.2 Å². The summed E-state index contributed by atoms with van der Waals surface area (Å²) in [7, 11) is 0. The number of hydrogen-bond donors (Lipinski definition) is 2. The van der Waals surface area contributed by atoms with Crippen molar-refractivity contribution in [2.24, 2.45) is 10.9 Å². The van der Waals surface area contributed by atoms with Crippen LogP contribution in [0.15, 0.2) is 35.7 Å². The third-order valence-electron chi connectivity index (χ3n) is 3.00. The summed E-state index contributed by atoms with van der Waals surface area (Å²) in [5.41, 5.74) is 4.27. The predicted octanol–water partition coefficient (Wildman–Crippen LogP) is 2.55. The van der Waals surface area contributed by atoms with Gasteiger partial charge in [-0.25, -0.2) is 4.98 Å². The number of benzene rings is 1. The molecule has 2 rings (SSSR count). The van der Waals surface area contributed by atoms with Crippen LogP contribution < -0.4 is 5.73 Å². The monoisotopic (exact) mass is 298 g/mol. The zero-order valence-corrected chi connectivity index (χ0v) is 11.1. The molecule has 0 aliphatic carbocycles. The van der Waals surface area contributed by atoms with Gasteiger partial charge in [-0.1, -0.05) is 12.1 Å². The molecule has 0 unspecified atom stereocenters. The van der Waals surface area contributed by atoms with Crippen LogP contribution in [0.4, 0.5) is 13.2 Å². The van der Waals surface area contributed by atoms with Crippen LogP contribution in [0.2, 0.25) is 0 Å². The fraction of sp³-hybridized carbons (Fsp3) is 0.231. The number of aryl methyl sites for hydroxylation is 1. The SMILES string of the molecule is CCc1nccn1-c1ccc(C(N)=NO)c(C(F)(F)F)c1. The second-order valence-corrected chi connectivity index (χ2v) is 4.28. The Labute approximate surface area is 118 Å². The van der Waals surface area contributed by atoms with Crippen LogP contribution in [0, 0.1) is 0 Å². The number of amidine groups is 1. The third kappa shape index (κ3) is 2.83. The van der Waals surface area contributed by atoms with Crippen molar-refractivity contribution in [3.05, 3.63) is 47.5 Å². The lowest BCUT2D eigenvalue weighted by molar-refractivity contribution is -0.137. The van der Waals surface area contributed by atoms with Crippen LogP contribution in [0.3, 0.4) is 0 Å². The Morgan fingerprint density at radius 2 is 2.14 bits per heavy atom. The molecule has 5 nitrogen and oxygen atoms in total. The van der Waals surface area contributed by atoms with Crippen molar-refractivity contribution in [2.75, 3.05) is 0 Å². The Kier molecular flexibility index (Phi) is 3.88. The maximum absolute atomic E-state index is 13.1. The van der Waals surface area contributed by atoms with E-state index in [1.807, 2.05) is 6.92 Å². The number of imidazole rings is 1. The minimum absolute atomic E-state index is 0.311. The van der Waals surface area contributed by atoms with Crippen LogP contribution in [0.1, 0.15) is 23.9 Å². The number of nitrogens with zero attached hydrogens (tertiary/aromatic N) is 3. The number of rotatable bonds is 3. The summed E-state index contributed by atoms with van der Waals surface area (Å²) >= 11 is 0. The molecule has 1 aromatic heterocycles. The molecule has 0 radical (unpaired) electrons. The van der Waals surface area contributed by atoms with Crippen LogP contribution in [0.5, 0.6) is 0 Å². The molecule has 8 heteroatoms. The van der Waals surface area contributed by atoms with Crippen molar-refractivity contribution >= 4 is 5.84 Å². The van der Waals surface area contributed by atoms with Gasteiger partial charge in [0.15, 0.2) is 5.84 Å². The first-order chi connectivity index (χ1) is 9.88. The standard InChI is InChI=1S/C13H13F3N4O/c1-2-11-18-5-6-20(11)8-3-4-9(12(17)19-21)10(7-8)13(14,15)16/h3-7,21H,2H2,1H3,(H2,17,19). The molecule has 3 N–H and O–H groups in total. The van der Waals surface area contributed by atoms with E-state index in [0.29, 0.717) is 17.9 Å². The summed E-state index contributed by atoms with van der Waals surface area (Å²) in [6.07, 6.45) is -0.939. The van der Waals surface area contributed by atoms with Gasteiger partial charge in [0.25, 0.3) is 0 Å². The van der Waals surface area contributed by atoms with Gasteiger partial charge in [0.05, 0.1) is 5.56 Å². The molecule has 1 heterocycles. The summed E-state index contributed by atoms with van der Waals surface area (Å²) in [6, 6.07) is 3.59. The molecule has 0 amide bonds. The highest BCUT2D eigenvalue weighted by Gasteiger charge is 2.35. The number of halogens is 3. The van der Waals surface area contributed by atoms with Crippen molar-refractivity contribution in [3.8, 4) is 5.69 Å². The molecule has 112 valence electrons. The maximum Gasteiger partial charge on any atom is 0.417 e. The summed E-state index contributed by atoms with van der Waals surface area (Å²) in [6.45, 7) is 1.86. The second-order valence-electron chi connectivity index (χ2n) is 4.28. The Hall–Kier alpha value is -2.51. The van der Waals surface area contributed by atoms with Gasteiger partial charge >= 0.3 is 6.18 Å². The minimum Gasteiger partial charge on any atom is -0.409 e. The summed E-state index contributed by atoms with van der Waals surface area (Å²) in [5.74, 6) is 0.0508. The number of aromatic nitrogens is 2. The zero-order chi connectivity index (χ0) is 15.6. The highest BCUT2D eigenvalue weighted by atomic mass is 19.4. The lowest BCUT2D eigenvalue weighted by Gasteiger charge is -2.15. The van der Waals surface area contributed by atoms with Gasteiger partial charge in [0.1, 0.15) is 5.82 Å². The van der Waals surface area contributed by atoms with E-state index >= 15 is 0 Å². The van der Waals surface area contributed by atoms with Gasteiger partial charge in [0.2, 0.25) is 0 Å². The molecular formula is C13H13F3N4O. The van der Waals surface area contributed by atoms with E-state index in [9.17, 15) is 13.2 Å². The molecule has 0 saturated heterocycles. The molecule has 0 aliphatic rings. The normalized spacial score (nSPS) is 12.7. The molecule has 1 aromatic carbocycles. The Balaban J connectivity index is 2.63. The van der Waals surface area contributed by atoms with E-state index in [0.717, 1.165) is 6.07 Å². The van der Waals surface area contributed by atoms with Crippen LogP contribution in [-0.2, 0) is 12.6 Å². The van der Waals surface area contributed by atoms with E-state index in [2.05, 4.69) is 10.1 Å². The fourth-order valence-electron chi connectivity index (χ4n) is 2.02. The molecule has 0 saturated carbocycles. The Morgan fingerprint density at radius 1 is 1.43 bits per heavy atom. The van der Waals surface area contributed by atoms with E-state index in [4.69, 9.17) is 10.9 Å². The topological polar surface area (TPSA) is 76.4 Å². The largest absolute Gasteiger partial charge is 0.417 e. The number of oxime groups is 1. The number of hydrogen-bond acceptors (Lipinski definition) is 3. The van der Waals surface area contributed by atoms with E-state index in [1.54, 1.807) is 10.8 Å². The van der Waals surface area contributed by atoms with E-state index in [-0.39, 0.29) is 5.56 Å². The quantitative estimate of drug-likeness (QED) is 0.396. The van der Waals surface area contributed by atoms with Crippen LogP contribution in [-0.4, -0.2) is 20.6 Å². The van der Waals surface area contributed by atoms with E-state index < -0.39 is 17.6 Å². The number of nitrogens with two attached hydrogens (primary N) is 1. The lowest BCUT2D eigenvalue weighted by Crippen LogP contribution is -2.20. The molecular weight excluding hydrogens is 285 g/mol. The lowest BCUT2D eigenvalue weighted by atomic mass is 10.0. The van der Waals surface area contributed by atoms with Crippen LogP contribution >= 0.6 is 0 Å². The molecule has 0 atom stereocenters. The first kappa shape index (κ1) is 14.9. The zero-order valence-electron chi connectivity index (χ0n) is 11.1. The van der Waals surface area contributed by atoms with Gasteiger partial charge < -0.3 is 15.5 Å². The Bertz CT molecular complexity index is 676. The fourth-order valence-corrected chi connectivity index (χ4v) is 2.02. The van der Waals surface area contributed by atoms with Crippen molar-refractivity contribution in [1.29, 1.82) is 0 Å². The maximum atomic E-state index is 13.1. The second kappa shape index (κ2) is 5.47. The number of alkyl halides is 3. The Morgan fingerprint density at radius 3 is 2.71 bits per heavy atom. The van der Waals surface area contributed by atoms with Gasteiger partial charge in [-0.05, 0) is 18.2 Å². The van der Waals surface area contributed by atoms with E-state index in [1.165, 1.54) is 18.3 Å². The predicted molar refractivity (Wildman–Crippen MR) is 70.5 cm³/mol. The van der Waals surface area contributed by atoms with Crippen molar-refractivity contribution in [3.63, 3.8) is 0 Å². The summed E-state index contributed by atoms with van der Waals surface area (Å²) in [5, 5.41) is 11.2. The molecule has 0 aliphatic heterocycles. The average Bonchev–Trinajstić information content (AvgIpc) is 2.93. The molecule has 21 heavy (non-hydrogen) atoms. The van der Waals surface area contributed by atoms with Gasteiger partial charge in [-0.3, -0.25) is 0 Å². The minimum atomic E-state index is -4.62. The van der Waals surface area contributed by atoms with Gasteiger partial charge in [0, 0.05) is 30.1 Å². The molecule has 0 spiro atoms. The molecule has 0 bridgehead atoms. The highest BCUT2D eigenvalue weighted by molar-refractivity contribution is 5.98. The van der Waals surface area contributed by atoms with Crippen molar-refractivity contribution in [1.82, 2.24) is 9.55 Å². The average molecular weight is 298 g/mol. The highest BCUT2D eigenvalue weighted by Crippen LogP contribution is 2.33. The molecule has 0 fully saturated rings. The summed E-state index contributed by atoms with van der Waals surface area (Å²) in [4.78, 5) is 4.07.